The van der Waals surface area contributed by atoms with E-state index < -0.39 is 0 Å². The lowest BCUT2D eigenvalue weighted by atomic mass is 10.1. The van der Waals surface area contributed by atoms with Crippen molar-refractivity contribution in [2.24, 2.45) is 5.92 Å². The molecule has 0 aromatic rings. The van der Waals surface area contributed by atoms with E-state index in [9.17, 15) is 4.79 Å². The Morgan fingerprint density at radius 3 is 2.69 bits per heavy atom. The lowest BCUT2D eigenvalue weighted by molar-refractivity contribution is -0.134. The lowest BCUT2D eigenvalue weighted by Crippen LogP contribution is -2.49. The molecule has 0 spiro atoms. The van der Waals surface area contributed by atoms with Gasteiger partial charge in [0.2, 0.25) is 5.91 Å². The molecule has 2 bridgehead atoms. The molecule has 2 atom stereocenters. The summed E-state index contributed by atoms with van der Waals surface area (Å²) < 4.78 is 0. The Labute approximate surface area is 97.0 Å². The van der Waals surface area contributed by atoms with Crippen molar-refractivity contribution >= 4 is 5.91 Å². The Bertz CT molecular complexity index is 275. The first-order valence-corrected chi connectivity index (χ1v) is 6.55. The van der Waals surface area contributed by atoms with Crippen LogP contribution in [-0.2, 0) is 4.79 Å². The second kappa shape index (κ2) is 4.34. The largest absolute Gasteiger partial charge is 0.338 e. The van der Waals surface area contributed by atoms with E-state index in [0.717, 1.165) is 38.6 Å². The van der Waals surface area contributed by atoms with Crippen molar-refractivity contribution in [3.8, 4) is 0 Å². The number of fused-ring (bicyclic) bond motifs is 2. The number of likely N-dealkylation sites (tertiary alicyclic amines) is 1. The molecule has 2 heterocycles. The molecule has 90 valence electrons. The van der Waals surface area contributed by atoms with Gasteiger partial charge in [0.15, 0.2) is 0 Å². The van der Waals surface area contributed by atoms with Crippen LogP contribution in [0.1, 0.15) is 19.3 Å². The highest BCUT2D eigenvalue weighted by atomic mass is 16.2. The molecular weight excluding hydrogens is 202 g/mol. The van der Waals surface area contributed by atoms with Gasteiger partial charge < -0.3 is 10.2 Å². The van der Waals surface area contributed by atoms with Crippen LogP contribution in [-0.4, -0.2) is 61.0 Å². The van der Waals surface area contributed by atoms with Gasteiger partial charge in [-0.2, -0.15) is 0 Å². The minimum Gasteiger partial charge on any atom is -0.338 e. The molecule has 3 rings (SSSR count). The number of hydrogen-bond acceptors (Lipinski definition) is 3. The molecule has 4 nitrogen and oxygen atoms in total. The quantitative estimate of drug-likeness (QED) is 0.710. The van der Waals surface area contributed by atoms with E-state index >= 15 is 0 Å². The number of amides is 1. The summed E-state index contributed by atoms with van der Waals surface area (Å²) in [4.78, 5) is 16.6. The number of rotatable bonds is 2. The number of piperidine rings is 1. The molecule has 1 N–H and O–H groups in total. The molecule has 1 amide bonds. The third kappa shape index (κ3) is 1.96. The summed E-state index contributed by atoms with van der Waals surface area (Å²) in [5.41, 5.74) is 0. The van der Waals surface area contributed by atoms with Crippen molar-refractivity contribution in [3.05, 3.63) is 0 Å². The minimum atomic E-state index is 0.370. The molecule has 0 radical (unpaired) electrons. The van der Waals surface area contributed by atoms with Gasteiger partial charge in [0.25, 0.3) is 0 Å². The van der Waals surface area contributed by atoms with Crippen LogP contribution < -0.4 is 5.32 Å². The third-order valence-corrected chi connectivity index (χ3v) is 4.30. The first-order chi connectivity index (χ1) is 7.83. The SMILES string of the molecule is O=C(CN1CCNCC1)N1CC2CCC1C2. The first kappa shape index (κ1) is 10.5. The van der Waals surface area contributed by atoms with Crippen molar-refractivity contribution < 1.29 is 4.79 Å². The summed E-state index contributed by atoms with van der Waals surface area (Å²) in [6.45, 7) is 5.78. The fourth-order valence-corrected chi connectivity index (χ4v) is 3.38. The highest BCUT2D eigenvalue weighted by Gasteiger charge is 2.40. The summed E-state index contributed by atoms with van der Waals surface area (Å²) in [7, 11) is 0. The number of piperazine rings is 1. The van der Waals surface area contributed by atoms with Gasteiger partial charge in [0.1, 0.15) is 0 Å². The Kier molecular flexibility index (Phi) is 2.86. The van der Waals surface area contributed by atoms with Crippen LogP contribution in [0.3, 0.4) is 0 Å². The molecule has 2 aliphatic heterocycles. The van der Waals surface area contributed by atoms with Crippen LogP contribution in [0, 0.1) is 5.92 Å². The van der Waals surface area contributed by atoms with Crippen LogP contribution in [0.2, 0.25) is 0 Å². The standard InChI is InChI=1S/C12H21N3O/c16-12(9-14-5-3-13-4-6-14)15-8-10-1-2-11(15)7-10/h10-11,13H,1-9H2. The molecule has 1 saturated carbocycles. The summed E-state index contributed by atoms with van der Waals surface area (Å²) in [6, 6.07) is 0.584. The number of carbonyl (C=O) groups excluding carboxylic acids is 1. The van der Waals surface area contributed by atoms with Crippen LogP contribution in [0.5, 0.6) is 0 Å². The molecule has 3 aliphatic rings. The van der Waals surface area contributed by atoms with E-state index in [4.69, 9.17) is 0 Å². The van der Waals surface area contributed by atoms with Gasteiger partial charge >= 0.3 is 0 Å². The maximum Gasteiger partial charge on any atom is 0.237 e. The zero-order valence-electron chi connectivity index (χ0n) is 9.82. The normalized spacial score (nSPS) is 34.6. The molecule has 2 unspecified atom stereocenters. The number of nitrogens with zero attached hydrogens (tertiary/aromatic N) is 2. The van der Waals surface area contributed by atoms with Crippen molar-refractivity contribution in [1.29, 1.82) is 0 Å². The number of carbonyl (C=O) groups is 1. The van der Waals surface area contributed by atoms with Gasteiger partial charge in [-0.3, -0.25) is 9.69 Å². The second-order valence-corrected chi connectivity index (χ2v) is 5.41. The van der Waals surface area contributed by atoms with Gasteiger partial charge in [-0.15, -0.1) is 0 Å². The Balaban J connectivity index is 1.53. The smallest absolute Gasteiger partial charge is 0.237 e. The fourth-order valence-electron chi connectivity index (χ4n) is 3.38. The van der Waals surface area contributed by atoms with E-state index in [-0.39, 0.29) is 0 Å². The zero-order valence-corrected chi connectivity index (χ0v) is 9.82. The monoisotopic (exact) mass is 223 g/mol. The average Bonchev–Trinajstić information content (AvgIpc) is 2.92. The molecule has 16 heavy (non-hydrogen) atoms. The first-order valence-electron chi connectivity index (χ1n) is 6.55. The van der Waals surface area contributed by atoms with Gasteiger partial charge in [0, 0.05) is 38.8 Å². The van der Waals surface area contributed by atoms with E-state index in [0.29, 0.717) is 18.5 Å². The molecule has 2 saturated heterocycles. The molecular formula is C12H21N3O. The van der Waals surface area contributed by atoms with Gasteiger partial charge in [-0.05, 0) is 25.2 Å². The van der Waals surface area contributed by atoms with E-state index in [2.05, 4.69) is 15.1 Å². The predicted molar refractivity (Wildman–Crippen MR) is 62.2 cm³/mol. The van der Waals surface area contributed by atoms with Gasteiger partial charge in [0.05, 0.1) is 6.54 Å². The zero-order chi connectivity index (χ0) is 11.0. The second-order valence-electron chi connectivity index (χ2n) is 5.41. The minimum absolute atomic E-state index is 0.370. The van der Waals surface area contributed by atoms with E-state index in [1.54, 1.807) is 0 Å². The van der Waals surface area contributed by atoms with Crippen LogP contribution in [0.15, 0.2) is 0 Å². The summed E-state index contributed by atoms with van der Waals surface area (Å²) in [6.07, 6.45) is 3.87. The Morgan fingerprint density at radius 1 is 1.25 bits per heavy atom. The Hall–Kier alpha value is -0.610. The van der Waals surface area contributed by atoms with Crippen molar-refractivity contribution in [2.75, 3.05) is 39.3 Å². The maximum atomic E-state index is 12.2. The Morgan fingerprint density at radius 2 is 2.06 bits per heavy atom. The van der Waals surface area contributed by atoms with E-state index in [1.807, 2.05) is 0 Å². The van der Waals surface area contributed by atoms with Gasteiger partial charge in [-0.25, -0.2) is 0 Å². The molecule has 3 fully saturated rings. The molecule has 0 aromatic carbocycles. The third-order valence-electron chi connectivity index (χ3n) is 4.30. The van der Waals surface area contributed by atoms with Crippen molar-refractivity contribution in [3.63, 3.8) is 0 Å². The maximum absolute atomic E-state index is 12.2. The van der Waals surface area contributed by atoms with Crippen molar-refractivity contribution in [1.82, 2.24) is 15.1 Å². The van der Waals surface area contributed by atoms with Crippen LogP contribution >= 0.6 is 0 Å². The lowest BCUT2D eigenvalue weighted by Gasteiger charge is -2.32. The fraction of sp³-hybridized carbons (Fsp3) is 0.917. The number of nitrogens with one attached hydrogen (secondary N) is 1. The average molecular weight is 223 g/mol. The van der Waals surface area contributed by atoms with E-state index in [1.165, 1.54) is 19.3 Å². The molecule has 4 heteroatoms. The highest BCUT2D eigenvalue weighted by Crippen LogP contribution is 2.37. The summed E-state index contributed by atoms with van der Waals surface area (Å²) >= 11 is 0. The van der Waals surface area contributed by atoms with Gasteiger partial charge in [-0.1, -0.05) is 0 Å². The molecule has 0 aromatic heterocycles. The molecule has 1 aliphatic carbocycles. The van der Waals surface area contributed by atoms with Crippen LogP contribution in [0.25, 0.3) is 0 Å². The number of hydrogen-bond donors (Lipinski definition) is 1. The summed E-state index contributed by atoms with van der Waals surface area (Å²) in [5.74, 6) is 1.19. The van der Waals surface area contributed by atoms with Crippen LogP contribution in [0.4, 0.5) is 0 Å². The topological polar surface area (TPSA) is 35.6 Å². The predicted octanol–water partition coefficient (Wildman–Crippen LogP) is -0.0975. The highest BCUT2D eigenvalue weighted by molar-refractivity contribution is 5.79. The summed E-state index contributed by atoms with van der Waals surface area (Å²) in [5, 5.41) is 3.32. The van der Waals surface area contributed by atoms with Crippen molar-refractivity contribution in [2.45, 2.75) is 25.3 Å².